The van der Waals surface area contributed by atoms with Crippen LogP contribution in [0.3, 0.4) is 0 Å². The highest BCUT2D eigenvalue weighted by Crippen LogP contribution is 2.29. The molecule has 2 amide bonds. The molecule has 20 heavy (non-hydrogen) atoms. The number of nitrogens with one attached hydrogen (secondary N) is 1. The molecule has 1 aliphatic heterocycles. The van der Waals surface area contributed by atoms with Crippen molar-refractivity contribution in [1.82, 2.24) is 10.2 Å². The average Bonchev–Trinajstić information content (AvgIpc) is 2.20. The molecule has 6 heteroatoms. The summed E-state index contributed by atoms with van der Waals surface area (Å²) in [6.07, 6.45) is 0.171. The van der Waals surface area contributed by atoms with Gasteiger partial charge in [0.2, 0.25) is 11.8 Å². The van der Waals surface area contributed by atoms with Crippen molar-refractivity contribution in [2.75, 3.05) is 6.54 Å². The molecule has 1 aliphatic rings. The maximum absolute atomic E-state index is 12.0. The van der Waals surface area contributed by atoms with Crippen LogP contribution in [0.5, 0.6) is 0 Å². The van der Waals surface area contributed by atoms with Crippen molar-refractivity contribution in [3.63, 3.8) is 0 Å². The minimum atomic E-state index is -0.918. The summed E-state index contributed by atoms with van der Waals surface area (Å²) in [4.78, 5) is 36.6. The molecule has 0 bridgehead atoms. The van der Waals surface area contributed by atoms with E-state index in [1.165, 1.54) is 4.90 Å². The number of amides is 2. The Labute approximate surface area is 119 Å². The maximum atomic E-state index is 12.0. The number of carboxylic acid groups (broad SMARTS) is 1. The predicted octanol–water partition coefficient (Wildman–Crippen LogP) is 0.859. The number of rotatable bonds is 3. The first kappa shape index (κ1) is 16.5. The van der Waals surface area contributed by atoms with E-state index >= 15 is 0 Å². The van der Waals surface area contributed by atoms with Gasteiger partial charge in [-0.3, -0.25) is 14.4 Å². The van der Waals surface area contributed by atoms with Crippen LogP contribution in [0.4, 0.5) is 0 Å². The number of aliphatic carboxylic acids is 1. The summed E-state index contributed by atoms with van der Waals surface area (Å²) in [7, 11) is 0. The molecule has 0 aromatic rings. The molecule has 1 saturated heterocycles. The van der Waals surface area contributed by atoms with Gasteiger partial charge in [-0.2, -0.15) is 0 Å². The van der Waals surface area contributed by atoms with Crippen LogP contribution in [-0.4, -0.2) is 45.9 Å². The van der Waals surface area contributed by atoms with Gasteiger partial charge >= 0.3 is 5.97 Å². The zero-order chi connectivity index (χ0) is 15.7. The van der Waals surface area contributed by atoms with Crippen LogP contribution < -0.4 is 5.32 Å². The van der Waals surface area contributed by atoms with Crippen LogP contribution in [-0.2, 0) is 14.4 Å². The molecule has 0 spiro atoms. The zero-order valence-electron chi connectivity index (χ0n) is 12.8. The standard InChI is InChI=1S/C14H24N2O4/c1-8-6-11(18)16(9(2)12(8)13(19)20)7-10(17)15-14(3,4)5/h8-9,12H,6-7H2,1-5H3,(H,15,17)(H,19,20). The van der Waals surface area contributed by atoms with Crippen LogP contribution in [0.2, 0.25) is 0 Å². The van der Waals surface area contributed by atoms with Gasteiger partial charge in [0.1, 0.15) is 0 Å². The number of hydrogen-bond donors (Lipinski definition) is 2. The number of piperidine rings is 1. The average molecular weight is 284 g/mol. The SMILES string of the molecule is CC1CC(=O)N(CC(=O)NC(C)(C)C)C(C)C1C(=O)O. The van der Waals surface area contributed by atoms with Crippen molar-refractivity contribution in [2.45, 2.75) is 52.6 Å². The molecule has 6 nitrogen and oxygen atoms in total. The van der Waals surface area contributed by atoms with E-state index in [2.05, 4.69) is 5.32 Å². The third kappa shape index (κ3) is 3.95. The van der Waals surface area contributed by atoms with Gasteiger partial charge in [0.05, 0.1) is 12.5 Å². The first-order chi connectivity index (χ1) is 9.03. The Hall–Kier alpha value is -1.59. The molecule has 0 aliphatic carbocycles. The van der Waals surface area contributed by atoms with Crippen molar-refractivity contribution >= 4 is 17.8 Å². The highest BCUT2D eigenvalue weighted by atomic mass is 16.4. The Balaban J connectivity index is 2.80. The maximum Gasteiger partial charge on any atom is 0.308 e. The summed E-state index contributed by atoms with van der Waals surface area (Å²) in [5, 5.41) is 12.0. The van der Waals surface area contributed by atoms with Gasteiger partial charge in [-0.05, 0) is 33.6 Å². The molecule has 1 heterocycles. The molecule has 2 N–H and O–H groups in total. The molecular formula is C14H24N2O4. The number of carbonyl (C=O) groups excluding carboxylic acids is 2. The third-order valence-electron chi connectivity index (χ3n) is 3.55. The van der Waals surface area contributed by atoms with Crippen LogP contribution in [0.15, 0.2) is 0 Å². The van der Waals surface area contributed by atoms with Crippen molar-refractivity contribution in [3.05, 3.63) is 0 Å². The Morgan fingerprint density at radius 3 is 2.35 bits per heavy atom. The summed E-state index contributed by atoms with van der Waals surface area (Å²) >= 11 is 0. The Morgan fingerprint density at radius 2 is 1.90 bits per heavy atom. The molecule has 0 aromatic heterocycles. The van der Waals surface area contributed by atoms with Crippen LogP contribution in [0, 0.1) is 11.8 Å². The molecule has 0 radical (unpaired) electrons. The van der Waals surface area contributed by atoms with Gasteiger partial charge < -0.3 is 15.3 Å². The lowest BCUT2D eigenvalue weighted by Gasteiger charge is -2.40. The summed E-state index contributed by atoms with van der Waals surface area (Å²) in [6, 6.07) is -0.477. The second-order valence-electron chi connectivity index (χ2n) is 6.61. The Bertz CT molecular complexity index is 414. The summed E-state index contributed by atoms with van der Waals surface area (Å²) in [5.74, 6) is -2.19. The van der Waals surface area contributed by atoms with Crippen molar-refractivity contribution in [3.8, 4) is 0 Å². The lowest BCUT2D eigenvalue weighted by atomic mass is 9.81. The van der Waals surface area contributed by atoms with E-state index in [-0.39, 0.29) is 36.2 Å². The Morgan fingerprint density at radius 1 is 1.35 bits per heavy atom. The quantitative estimate of drug-likeness (QED) is 0.804. The predicted molar refractivity (Wildman–Crippen MR) is 74.0 cm³/mol. The van der Waals surface area contributed by atoms with Gasteiger partial charge in [-0.15, -0.1) is 0 Å². The molecule has 1 rings (SSSR count). The van der Waals surface area contributed by atoms with Crippen molar-refractivity contribution in [2.24, 2.45) is 11.8 Å². The number of carboxylic acids is 1. The smallest absolute Gasteiger partial charge is 0.308 e. The Kier molecular flexibility index (Phi) is 4.78. The monoisotopic (exact) mass is 284 g/mol. The topological polar surface area (TPSA) is 86.7 Å². The summed E-state index contributed by atoms with van der Waals surface area (Å²) < 4.78 is 0. The normalized spacial score (nSPS) is 27.4. The fourth-order valence-corrected chi connectivity index (χ4v) is 2.71. The van der Waals surface area contributed by atoms with E-state index in [0.717, 1.165) is 0 Å². The van der Waals surface area contributed by atoms with Gasteiger partial charge in [0, 0.05) is 18.0 Å². The summed E-state index contributed by atoms with van der Waals surface area (Å²) in [5.41, 5.74) is -0.376. The lowest BCUT2D eigenvalue weighted by Crippen LogP contribution is -2.56. The van der Waals surface area contributed by atoms with E-state index in [0.29, 0.717) is 0 Å². The van der Waals surface area contributed by atoms with Crippen molar-refractivity contribution < 1.29 is 19.5 Å². The molecule has 3 unspecified atom stereocenters. The number of carbonyl (C=O) groups is 3. The van der Waals surface area contributed by atoms with Gasteiger partial charge in [-0.1, -0.05) is 6.92 Å². The van der Waals surface area contributed by atoms with E-state index in [1.807, 2.05) is 20.8 Å². The highest BCUT2D eigenvalue weighted by Gasteiger charge is 2.42. The third-order valence-corrected chi connectivity index (χ3v) is 3.55. The van der Waals surface area contributed by atoms with E-state index < -0.39 is 17.9 Å². The molecule has 0 saturated carbocycles. The summed E-state index contributed by atoms with van der Waals surface area (Å²) in [6.45, 7) is 8.93. The van der Waals surface area contributed by atoms with E-state index in [4.69, 9.17) is 0 Å². The molecule has 114 valence electrons. The fourth-order valence-electron chi connectivity index (χ4n) is 2.71. The van der Waals surface area contributed by atoms with Crippen molar-refractivity contribution in [1.29, 1.82) is 0 Å². The minimum Gasteiger partial charge on any atom is -0.481 e. The highest BCUT2D eigenvalue weighted by molar-refractivity contribution is 5.87. The van der Waals surface area contributed by atoms with E-state index in [9.17, 15) is 19.5 Å². The largest absolute Gasteiger partial charge is 0.481 e. The molecule has 0 aromatic carbocycles. The minimum absolute atomic E-state index is 0.0895. The van der Waals surface area contributed by atoms with Crippen LogP contribution in [0.25, 0.3) is 0 Å². The molecule has 1 fully saturated rings. The van der Waals surface area contributed by atoms with E-state index in [1.54, 1.807) is 13.8 Å². The van der Waals surface area contributed by atoms with Gasteiger partial charge in [0.15, 0.2) is 0 Å². The fraction of sp³-hybridized carbons (Fsp3) is 0.786. The number of nitrogens with zero attached hydrogens (tertiary/aromatic N) is 1. The second-order valence-corrected chi connectivity index (χ2v) is 6.61. The molecule has 3 atom stereocenters. The van der Waals surface area contributed by atoms with Crippen LogP contribution in [0.1, 0.15) is 41.0 Å². The number of hydrogen-bond acceptors (Lipinski definition) is 3. The first-order valence-corrected chi connectivity index (χ1v) is 6.86. The van der Waals surface area contributed by atoms with Gasteiger partial charge in [-0.25, -0.2) is 0 Å². The first-order valence-electron chi connectivity index (χ1n) is 6.86. The second kappa shape index (κ2) is 5.81. The van der Waals surface area contributed by atoms with Crippen LogP contribution >= 0.6 is 0 Å². The van der Waals surface area contributed by atoms with Gasteiger partial charge in [0.25, 0.3) is 0 Å². The molecular weight excluding hydrogens is 260 g/mol. The number of likely N-dealkylation sites (tertiary alicyclic amines) is 1. The zero-order valence-corrected chi connectivity index (χ0v) is 12.8. The lowest BCUT2D eigenvalue weighted by molar-refractivity contribution is -0.156.